The van der Waals surface area contributed by atoms with Crippen molar-refractivity contribution >= 4 is 17.8 Å². The molecule has 7 nitrogen and oxygen atoms in total. The predicted octanol–water partition coefficient (Wildman–Crippen LogP) is 0.251. The van der Waals surface area contributed by atoms with Crippen LogP contribution < -0.4 is 5.32 Å². The Morgan fingerprint density at radius 3 is 2.05 bits per heavy atom. The number of carboxylic acids is 1. The first-order valence-electron chi connectivity index (χ1n) is 5.81. The number of aliphatic hydroxyl groups is 1. The van der Waals surface area contributed by atoms with Gasteiger partial charge in [0.25, 0.3) is 0 Å². The average molecular weight is 287 g/mol. The highest BCUT2D eigenvalue weighted by Crippen LogP contribution is 1.90. The summed E-state index contributed by atoms with van der Waals surface area (Å²) in [6.07, 6.45) is -0.0565. The molecule has 3 N–H and O–H groups in total. The molecule has 0 saturated carbocycles. The van der Waals surface area contributed by atoms with Crippen LogP contribution >= 0.6 is 0 Å². The Morgan fingerprint density at radius 2 is 1.70 bits per heavy atom. The summed E-state index contributed by atoms with van der Waals surface area (Å²) in [4.78, 5) is 31.2. The van der Waals surface area contributed by atoms with Gasteiger partial charge in [-0.15, -0.1) is 0 Å². The molecular formula is C13H21NO6. The molecule has 0 aliphatic heterocycles. The van der Waals surface area contributed by atoms with Crippen molar-refractivity contribution in [3.63, 3.8) is 0 Å². The lowest BCUT2D eigenvalue weighted by Gasteiger charge is -2.00. The highest BCUT2D eigenvalue weighted by atomic mass is 16.5. The molecule has 0 radical (unpaired) electrons. The Bertz CT molecular complexity index is 375. The summed E-state index contributed by atoms with van der Waals surface area (Å²) in [6.45, 7) is 9.93. The number of nitrogens with one attached hydrogen (secondary N) is 1. The Kier molecular flexibility index (Phi) is 12.0. The van der Waals surface area contributed by atoms with Crippen LogP contribution in [0.25, 0.3) is 0 Å². The van der Waals surface area contributed by atoms with Gasteiger partial charge < -0.3 is 20.3 Å². The number of aliphatic carboxylic acids is 1. The van der Waals surface area contributed by atoms with Gasteiger partial charge in [0.1, 0.15) is 6.61 Å². The molecule has 0 aliphatic carbocycles. The summed E-state index contributed by atoms with van der Waals surface area (Å²) in [5, 5.41) is 18.8. The number of carboxylic acid groups (broad SMARTS) is 1. The van der Waals surface area contributed by atoms with Crippen molar-refractivity contribution in [3.05, 3.63) is 24.3 Å². The number of aliphatic hydroxyl groups excluding tert-OH is 1. The molecule has 0 saturated heterocycles. The van der Waals surface area contributed by atoms with Crippen LogP contribution in [0.4, 0.5) is 0 Å². The van der Waals surface area contributed by atoms with Crippen LogP contribution in [0.1, 0.15) is 20.3 Å². The van der Waals surface area contributed by atoms with Gasteiger partial charge in [0.15, 0.2) is 0 Å². The van der Waals surface area contributed by atoms with Gasteiger partial charge in [0, 0.05) is 17.7 Å². The molecule has 0 unspecified atom stereocenters. The molecule has 20 heavy (non-hydrogen) atoms. The molecule has 0 bridgehead atoms. The number of hydrogen-bond donors (Lipinski definition) is 3. The number of amides is 1. The zero-order valence-corrected chi connectivity index (χ0v) is 11.8. The van der Waals surface area contributed by atoms with Gasteiger partial charge in [0.05, 0.1) is 13.0 Å². The van der Waals surface area contributed by atoms with E-state index in [1.54, 1.807) is 13.8 Å². The van der Waals surface area contributed by atoms with E-state index >= 15 is 0 Å². The van der Waals surface area contributed by atoms with Gasteiger partial charge in [-0.2, -0.15) is 0 Å². The van der Waals surface area contributed by atoms with Gasteiger partial charge in [0.2, 0.25) is 5.91 Å². The molecule has 0 heterocycles. The highest BCUT2D eigenvalue weighted by Gasteiger charge is 2.01. The molecule has 0 fully saturated rings. The standard InChI is InChI=1S/C7H11NO3.C6H10O3/c1-5(2)7(11)8-4-3-6(9)10;1-5(2)6(8)9-4-3-7/h1,3-4H2,2H3,(H,8,11)(H,9,10);7H,1,3-4H2,2H3. The topological polar surface area (TPSA) is 113 Å². The summed E-state index contributed by atoms with van der Waals surface area (Å²) in [5.41, 5.74) is 0.735. The number of rotatable bonds is 7. The largest absolute Gasteiger partial charge is 0.481 e. The lowest BCUT2D eigenvalue weighted by atomic mass is 10.3. The van der Waals surface area contributed by atoms with E-state index in [2.05, 4.69) is 23.2 Å². The van der Waals surface area contributed by atoms with Crippen molar-refractivity contribution in [1.29, 1.82) is 0 Å². The Labute approximate surface area is 117 Å². The minimum atomic E-state index is -0.924. The summed E-state index contributed by atoms with van der Waals surface area (Å²) >= 11 is 0. The molecule has 1 amide bonds. The van der Waals surface area contributed by atoms with E-state index < -0.39 is 11.9 Å². The first-order valence-corrected chi connectivity index (χ1v) is 5.81. The van der Waals surface area contributed by atoms with E-state index in [0.29, 0.717) is 11.1 Å². The second-order valence-corrected chi connectivity index (χ2v) is 3.82. The summed E-state index contributed by atoms with van der Waals surface area (Å²) in [5.74, 6) is -1.68. The van der Waals surface area contributed by atoms with Crippen LogP contribution in [0.2, 0.25) is 0 Å². The number of carbonyl (C=O) groups is 3. The van der Waals surface area contributed by atoms with Crippen molar-refractivity contribution in [2.45, 2.75) is 20.3 Å². The molecule has 0 aromatic carbocycles. The number of hydrogen-bond acceptors (Lipinski definition) is 5. The number of esters is 1. The normalized spacial score (nSPS) is 8.75. The molecular weight excluding hydrogens is 266 g/mol. The fourth-order valence-corrected chi connectivity index (χ4v) is 0.695. The van der Waals surface area contributed by atoms with Crippen LogP contribution in [0.15, 0.2) is 24.3 Å². The molecule has 0 aliphatic rings. The van der Waals surface area contributed by atoms with Gasteiger partial charge in [-0.1, -0.05) is 13.2 Å². The van der Waals surface area contributed by atoms with Crippen molar-refractivity contribution < 1.29 is 29.3 Å². The van der Waals surface area contributed by atoms with Gasteiger partial charge in [-0.3, -0.25) is 9.59 Å². The fraction of sp³-hybridized carbons (Fsp3) is 0.462. The van der Waals surface area contributed by atoms with Crippen molar-refractivity contribution in [2.24, 2.45) is 0 Å². The Balaban J connectivity index is 0. The summed E-state index contributed by atoms with van der Waals surface area (Å²) in [6, 6.07) is 0. The second kappa shape index (κ2) is 11.9. The molecule has 0 aromatic heterocycles. The van der Waals surface area contributed by atoms with E-state index in [-0.39, 0.29) is 32.1 Å². The van der Waals surface area contributed by atoms with Crippen LogP contribution in [-0.2, 0) is 19.1 Å². The zero-order valence-electron chi connectivity index (χ0n) is 11.8. The van der Waals surface area contributed by atoms with Crippen LogP contribution in [0, 0.1) is 0 Å². The number of carbonyl (C=O) groups excluding carboxylic acids is 2. The molecule has 7 heteroatoms. The van der Waals surface area contributed by atoms with Crippen LogP contribution in [0.3, 0.4) is 0 Å². The second-order valence-electron chi connectivity index (χ2n) is 3.82. The smallest absolute Gasteiger partial charge is 0.333 e. The minimum absolute atomic E-state index is 0.0473. The molecule has 0 rings (SSSR count). The van der Waals surface area contributed by atoms with Crippen LogP contribution in [0.5, 0.6) is 0 Å². The van der Waals surface area contributed by atoms with Crippen molar-refractivity contribution in [3.8, 4) is 0 Å². The highest BCUT2D eigenvalue weighted by molar-refractivity contribution is 5.92. The van der Waals surface area contributed by atoms with Gasteiger partial charge in [-0.25, -0.2) is 4.79 Å². The molecule has 0 spiro atoms. The van der Waals surface area contributed by atoms with Gasteiger partial charge >= 0.3 is 11.9 Å². The summed E-state index contributed by atoms with van der Waals surface area (Å²) < 4.78 is 4.46. The lowest BCUT2D eigenvalue weighted by Crippen LogP contribution is -2.26. The quantitative estimate of drug-likeness (QED) is 0.457. The maximum Gasteiger partial charge on any atom is 0.333 e. The molecule has 0 atom stereocenters. The van der Waals surface area contributed by atoms with E-state index in [1.165, 1.54) is 0 Å². The monoisotopic (exact) mass is 287 g/mol. The first-order chi connectivity index (χ1) is 9.22. The fourth-order valence-electron chi connectivity index (χ4n) is 0.695. The maximum atomic E-state index is 10.7. The molecule has 0 aromatic rings. The lowest BCUT2D eigenvalue weighted by molar-refractivity contribution is -0.140. The zero-order chi connectivity index (χ0) is 16.1. The van der Waals surface area contributed by atoms with E-state index in [9.17, 15) is 14.4 Å². The Hall–Kier alpha value is -2.15. The predicted molar refractivity (Wildman–Crippen MR) is 72.9 cm³/mol. The number of ether oxygens (including phenoxy) is 1. The average Bonchev–Trinajstić information content (AvgIpc) is 2.35. The minimum Gasteiger partial charge on any atom is -0.481 e. The molecule has 114 valence electrons. The Morgan fingerprint density at radius 1 is 1.15 bits per heavy atom. The maximum absolute atomic E-state index is 10.7. The van der Waals surface area contributed by atoms with Gasteiger partial charge in [-0.05, 0) is 13.8 Å². The van der Waals surface area contributed by atoms with Crippen molar-refractivity contribution in [1.82, 2.24) is 5.32 Å². The SMILES string of the molecule is C=C(C)C(=O)NCCC(=O)O.C=C(C)C(=O)OCCO. The van der Waals surface area contributed by atoms with Crippen molar-refractivity contribution in [2.75, 3.05) is 19.8 Å². The third-order valence-corrected chi connectivity index (χ3v) is 1.68. The van der Waals surface area contributed by atoms with E-state index in [0.717, 1.165) is 0 Å². The third-order valence-electron chi connectivity index (χ3n) is 1.68. The van der Waals surface area contributed by atoms with E-state index in [1.807, 2.05) is 0 Å². The summed E-state index contributed by atoms with van der Waals surface area (Å²) in [7, 11) is 0. The first kappa shape index (κ1) is 20.2. The third kappa shape index (κ3) is 13.9. The van der Waals surface area contributed by atoms with Crippen LogP contribution in [-0.4, -0.2) is 47.8 Å². The van der Waals surface area contributed by atoms with E-state index in [4.69, 9.17) is 10.2 Å².